The van der Waals surface area contributed by atoms with Crippen molar-refractivity contribution in [3.05, 3.63) is 56.7 Å². The Bertz CT molecular complexity index is 721. The minimum absolute atomic E-state index is 0.244. The molecule has 0 amide bonds. The third-order valence-corrected chi connectivity index (χ3v) is 7.72. The van der Waals surface area contributed by atoms with E-state index in [2.05, 4.69) is 0 Å². The Morgan fingerprint density at radius 3 is 2.42 bits per heavy atom. The minimum atomic E-state index is -0.485. The van der Waals surface area contributed by atoms with E-state index in [9.17, 15) is 9.59 Å². The maximum absolute atomic E-state index is 12.1. The molecule has 0 radical (unpaired) electrons. The van der Waals surface area contributed by atoms with Crippen molar-refractivity contribution in [1.82, 2.24) is 0 Å². The number of Topliss-reactive ketones (excluding diaryl/α,β-unsaturated/α-hetero) is 1. The lowest BCUT2D eigenvalue weighted by Gasteiger charge is -2.21. The Balaban J connectivity index is 1.55. The van der Waals surface area contributed by atoms with Gasteiger partial charge in [0.2, 0.25) is 5.78 Å². The second kappa shape index (κ2) is 8.43. The monoisotopic (exact) mass is 398 g/mol. The maximum atomic E-state index is 12.1. The van der Waals surface area contributed by atoms with Crippen LogP contribution in [-0.4, -0.2) is 29.9 Å². The van der Waals surface area contributed by atoms with Crippen molar-refractivity contribution < 1.29 is 14.3 Å². The summed E-state index contributed by atoms with van der Waals surface area (Å²) in [4.78, 5) is 24.5. The highest BCUT2D eigenvalue weighted by Gasteiger charge is 2.18. The number of carbonyl (C=O) groups is 2. The molecule has 2 heterocycles. The summed E-state index contributed by atoms with van der Waals surface area (Å²) in [6.07, 6.45) is 1.25. The van der Waals surface area contributed by atoms with E-state index in [0.29, 0.717) is 19.4 Å². The summed E-state index contributed by atoms with van der Waals surface area (Å²) < 4.78 is 6.08. The van der Waals surface area contributed by atoms with Gasteiger partial charge in [-0.2, -0.15) is 0 Å². The Labute approximate surface area is 158 Å². The zero-order valence-corrected chi connectivity index (χ0v) is 15.9. The molecule has 24 heavy (non-hydrogen) atoms. The second-order valence-electron chi connectivity index (χ2n) is 5.15. The maximum Gasteiger partial charge on any atom is 0.338 e. The first kappa shape index (κ1) is 17.9. The number of esters is 1. The molecular formula is C17H15ClO3S3. The fourth-order valence-corrected chi connectivity index (χ4v) is 6.07. The van der Waals surface area contributed by atoms with Crippen LogP contribution in [0.4, 0.5) is 0 Å². The molecule has 3 nitrogen and oxygen atoms in total. The molecule has 0 saturated carbocycles. The first-order valence-corrected chi connectivity index (χ1v) is 10.7. The molecular weight excluding hydrogens is 384 g/mol. The molecule has 126 valence electrons. The van der Waals surface area contributed by atoms with E-state index in [1.807, 2.05) is 35.7 Å². The van der Waals surface area contributed by atoms with E-state index in [-0.39, 0.29) is 12.4 Å². The number of halogens is 1. The molecule has 0 aliphatic carbocycles. The number of hydrogen-bond donors (Lipinski definition) is 0. The highest BCUT2D eigenvalue weighted by molar-refractivity contribution is 8.16. The van der Waals surface area contributed by atoms with Gasteiger partial charge in [-0.1, -0.05) is 23.7 Å². The topological polar surface area (TPSA) is 43.4 Å². The largest absolute Gasteiger partial charge is 0.454 e. The average molecular weight is 399 g/mol. The first-order chi connectivity index (χ1) is 11.6. The molecule has 0 spiro atoms. The van der Waals surface area contributed by atoms with Crippen molar-refractivity contribution in [2.45, 2.75) is 11.0 Å². The fourth-order valence-electron chi connectivity index (χ4n) is 2.21. The molecule has 1 aliphatic heterocycles. The Morgan fingerprint density at radius 1 is 1.08 bits per heavy atom. The van der Waals surface area contributed by atoms with Gasteiger partial charge in [0.05, 0.1) is 19.4 Å². The standard InChI is InChI=1S/C17H15ClO3S3/c18-15-7-6-14(24-15)13(19)10-21-16(20)11-2-4-12(5-3-11)17-22-8-1-9-23-17/h2-7,17H,1,8-10H2. The second-order valence-corrected chi connectivity index (χ2v) is 9.59. The van der Waals surface area contributed by atoms with E-state index >= 15 is 0 Å². The smallest absolute Gasteiger partial charge is 0.338 e. The molecule has 0 bridgehead atoms. The SMILES string of the molecule is O=C(OCC(=O)c1ccc(Cl)s1)c1ccc(C2SCCCS2)cc1. The average Bonchev–Trinajstić information content (AvgIpc) is 3.07. The van der Waals surface area contributed by atoms with E-state index in [4.69, 9.17) is 16.3 Å². The zero-order chi connectivity index (χ0) is 16.9. The van der Waals surface area contributed by atoms with Gasteiger partial charge >= 0.3 is 5.97 Å². The molecule has 1 aromatic carbocycles. The Hall–Kier alpha value is -0.950. The van der Waals surface area contributed by atoms with Crippen molar-refractivity contribution in [1.29, 1.82) is 0 Å². The summed E-state index contributed by atoms with van der Waals surface area (Å²) in [5.41, 5.74) is 1.67. The van der Waals surface area contributed by atoms with Crippen LogP contribution in [0.2, 0.25) is 4.34 Å². The molecule has 1 aliphatic rings. The van der Waals surface area contributed by atoms with Crippen LogP contribution in [0.3, 0.4) is 0 Å². The molecule has 1 saturated heterocycles. The van der Waals surface area contributed by atoms with Crippen LogP contribution >= 0.6 is 46.5 Å². The van der Waals surface area contributed by atoms with Gasteiger partial charge in [0, 0.05) is 0 Å². The predicted molar refractivity (Wildman–Crippen MR) is 103 cm³/mol. The van der Waals surface area contributed by atoms with Crippen molar-refractivity contribution in [3.8, 4) is 0 Å². The zero-order valence-electron chi connectivity index (χ0n) is 12.7. The van der Waals surface area contributed by atoms with E-state index in [1.165, 1.54) is 34.8 Å². The lowest BCUT2D eigenvalue weighted by atomic mass is 10.1. The van der Waals surface area contributed by atoms with Crippen molar-refractivity contribution in [2.24, 2.45) is 0 Å². The van der Waals surface area contributed by atoms with Crippen LogP contribution in [0.5, 0.6) is 0 Å². The van der Waals surface area contributed by atoms with Crippen LogP contribution in [-0.2, 0) is 4.74 Å². The van der Waals surface area contributed by atoms with E-state index < -0.39 is 5.97 Å². The molecule has 1 fully saturated rings. The number of rotatable bonds is 5. The van der Waals surface area contributed by atoms with Crippen molar-refractivity contribution in [2.75, 3.05) is 18.1 Å². The molecule has 2 aromatic rings. The van der Waals surface area contributed by atoms with Gasteiger partial charge in [-0.05, 0) is 47.8 Å². The van der Waals surface area contributed by atoms with Crippen molar-refractivity contribution in [3.63, 3.8) is 0 Å². The summed E-state index contributed by atoms with van der Waals surface area (Å²) in [5, 5.41) is 0. The fraction of sp³-hybridized carbons (Fsp3) is 0.294. The highest BCUT2D eigenvalue weighted by atomic mass is 35.5. The number of benzene rings is 1. The highest BCUT2D eigenvalue weighted by Crippen LogP contribution is 2.43. The molecule has 7 heteroatoms. The number of thioether (sulfide) groups is 2. The van der Waals surface area contributed by atoms with Crippen LogP contribution < -0.4 is 0 Å². The van der Waals surface area contributed by atoms with Gasteiger partial charge in [0.1, 0.15) is 0 Å². The number of thiophene rings is 1. The van der Waals surface area contributed by atoms with Gasteiger partial charge in [0.25, 0.3) is 0 Å². The lowest BCUT2D eigenvalue weighted by molar-refractivity contribution is 0.0476. The van der Waals surface area contributed by atoms with Crippen LogP contribution in [0, 0.1) is 0 Å². The number of hydrogen-bond acceptors (Lipinski definition) is 6. The van der Waals surface area contributed by atoms with E-state index in [1.54, 1.807) is 24.3 Å². The molecule has 0 N–H and O–H groups in total. The normalized spacial score (nSPS) is 15.2. The third-order valence-electron chi connectivity index (χ3n) is 3.43. The lowest BCUT2D eigenvalue weighted by Crippen LogP contribution is -2.13. The molecule has 0 unspecified atom stereocenters. The molecule has 1 aromatic heterocycles. The summed E-state index contributed by atoms with van der Waals surface area (Å²) in [7, 11) is 0. The summed E-state index contributed by atoms with van der Waals surface area (Å²) in [6.45, 7) is -0.272. The van der Waals surface area contributed by atoms with Crippen LogP contribution in [0.15, 0.2) is 36.4 Å². The van der Waals surface area contributed by atoms with E-state index in [0.717, 1.165) is 0 Å². The van der Waals surface area contributed by atoms with Gasteiger partial charge < -0.3 is 4.74 Å². The van der Waals surface area contributed by atoms with Gasteiger partial charge in [0.15, 0.2) is 6.61 Å². The predicted octanol–water partition coefficient (Wildman–Crippen LogP) is 5.31. The van der Waals surface area contributed by atoms with Gasteiger partial charge in [-0.3, -0.25) is 4.79 Å². The minimum Gasteiger partial charge on any atom is -0.454 e. The Kier molecular flexibility index (Phi) is 6.27. The van der Waals surface area contributed by atoms with Crippen LogP contribution in [0.25, 0.3) is 0 Å². The van der Waals surface area contributed by atoms with Gasteiger partial charge in [-0.25, -0.2) is 4.79 Å². The summed E-state index contributed by atoms with van der Waals surface area (Å²) in [6, 6.07) is 10.7. The summed E-state index contributed by atoms with van der Waals surface area (Å²) >= 11 is 10.9. The first-order valence-electron chi connectivity index (χ1n) is 7.42. The Morgan fingerprint density at radius 2 is 1.79 bits per heavy atom. The number of ketones is 1. The van der Waals surface area contributed by atoms with Crippen molar-refractivity contribution >= 4 is 58.2 Å². The molecule has 3 rings (SSSR count). The number of ether oxygens (including phenoxy) is 1. The quantitative estimate of drug-likeness (QED) is 0.504. The molecule has 0 atom stereocenters. The van der Waals surface area contributed by atoms with Crippen LogP contribution in [0.1, 0.15) is 36.6 Å². The van der Waals surface area contributed by atoms with Gasteiger partial charge in [-0.15, -0.1) is 34.9 Å². The third kappa shape index (κ3) is 4.57. The number of carbonyl (C=O) groups excluding carboxylic acids is 2. The summed E-state index contributed by atoms with van der Waals surface area (Å²) in [5.74, 6) is 1.63.